The number of ether oxygens (including phenoxy) is 1. The first-order valence-electron chi connectivity index (χ1n) is 11.0. The number of hydrogen-bond acceptors (Lipinski definition) is 3. The van der Waals surface area contributed by atoms with Crippen molar-refractivity contribution in [3.63, 3.8) is 0 Å². The van der Waals surface area contributed by atoms with E-state index in [-0.39, 0.29) is 11.9 Å². The molecule has 0 saturated carbocycles. The van der Waals surface area contributed by atoms with Gasteiger partial charge in [-0.2, -0.15) is 0 Å². The van der Waals surface area contributed by atoms with Crippen molar-refractivity contribution in [1.29, 1.82) is 0 Å². The van der Waals surface area contributed by atoms with Crippen molar-refractivity contribution in [2.24, 2.45) is 0 Å². The Morgan fingerprint density at radius 2 is 1.71 bits per heavy atom. The maximum Gasteiger partial charge on any atom is 0.251 e. The lowest BCUT2D eigenvalue weighted by molar-refractivity contribution is 0.0940. The number of fused-ring (bicyclic) bond motifs is 1. The van der Waals surface area contributed by atoms with E-state index in [2.05, 4.69) is 35.6 Å². The summed E-state index contributed by atoms with van der Waals surface area (Å²) in [6, 6.07) is 24.3. The number of benzene rings is 3. The zero-order chi connectivity index (χ0) is 21.5. The number of rotatable bonds is 8. The lowest BCUT2D eigenvalue weighted by atomic mass is 9.89. The van der Waals surface area contributed by atoms with Gasteiger partial charge in [0.15, 0.2) is 0 Å². The first kappa shape index (κ1) is 21.5. The molecule has 1 aliphatic carbocycles. The maximum atomic E-state index is 12.7. The summed E-state index contributed by atoms with van der Waals surface area (Å²) in [4.78, 5) is 13.9. The summed E-state index contributed by atoms with van der Waals surface area (Å²) in [5.41, 5.74) is 4.73. The van der Waals surface area contributed by atoms with E-state index in [1.807, 2.05) is 49.4 Å². The normalized spacial score (nSPS) is 13.8. The van der Waals surface area contributed by atoms with Crippen LogP contribution in [0.3, 0.4) is 0 Å². The van der Waals surface area contributed by atoms with Crippen LogP contribution in [0.15, 0.2) is 77.7 Å². The highest BCUT2D eigenvalue weighted by atomic mass is 32.2. The fraction of sp³-hybridized carbons (Fsp3) is 0.296. The van der Waals surface area contributed by atoms with Crippen LogP contribution < -0.4 is 10.1 Å². The van der Waals surface area contributed by atoms with Crippen molar-refractivity contribution in [2.45, 2.75) is 43.5 Å². The summed E-state index contributed by atoms with van der Waals surface area (Å²) >= 11 is 1.77. The molecule has 0 saturated heterocycles. The van der Waals surface area contributed by atoms with Crippen LogP contribution in [0.1, 0.15) is 52.9 Å². The van der Waals surface area contributed by atoms with Crippen molar-refractivity contribution in [1.82, 2.24) is 5.32 Å². The summed E-state index contributed by atoms with van der Waals surface area (Å²) in [6.45, 7) is 2.67. The molecule has 1 amide bonds. The Kier molecular flexibility index (Phi) is 7.31. The maximum absolute atomic E-state index is 12.7. The molecule has 1 N–H and O–H groups in total. The Balaban J connectivity index is 1.27. The summed E-state index contributed by atoms with van der Waals surface area (Å²) in [5.74, 6) is 1.61. The fourth-order valence-electron chi connectivity index (χ4n) is 3.92. The second kappa shape index (κ2) is 10.5. The van der Waals surface area contributed by atoms with E-state index in [0.717, 1.165) is 17.9 Å². The lowest BCUT2D eigenvalue weighted by Crippen LogP contribution is -2.26. The number of thioether (sulfide) groups is 1. The minimum absolute atomic E-state index is 0.0225. The molecule has 0 aliphatic heterocycles. The highest BCUT2D eigenvalue weighted by molar-refractivity contribution is 7.99. The van der Waals surface area contributed by atoms with Crippen molar-refractivity contribution < 1.29 is 9.53 Å². The third kappa shape index (κ3) is 5.92. The molecule has 31 heavy (non-hydrogen) atoms. The van der Waals surface area contributed by atoms with Gasteiger partial charge in [-0.1, -0.05) is 36.4 Å². The molecule has 3 nitrogen and oxygen atoms in total. The molecule has 1 aliphatic rings. The van der Waals surface area contributed by atoms with E-state index in [1.165, 1.54) is 40.8 Å². The zero-order valence-electron chi connectivity index (χ0n) is 18.0. The van der Waals surface area contributed by atoms with Crippen LogP contribution >= 0.6 is 11.8 Å². The molecule has 4 rings (SSSR count). The van der Waals surface area contributed by atoms with Gasteiger partial charge < -0.3 is 10.1 Å². The van der Waals surface area contributed by atoms with Gasteiger partial charge in [0.25, 0.3) is 5.91 Å². The summed E-state index contributed by atoms with van der Waals surface area (Å²) in [7, 11) is 0. The fourth-order valence-corrected chi connectivity index (χ4v) is 4.68. The highest BCUT2D eigenvalue weighted by Crippen LogP contribution is 2.25. The van der Waals surface area contributed by atoms with Gasteiger partial charge in [-0.25, -0.2) is 0 Å². The Hall–Kier alpha value is -2.72. The van der Waals surface area contributed by atoms with Gasteiger partial charge in [0, 0.05) is 16.2 Å². The first-order valence-corrected chi connectivity index (χ1v) is 12.0. The third-order valence-electron chi connectivity index (χ3n) is 5.70. The number of amides is 1. The Labute approximate surface area is 189 Å². The number of carbonyl (C=O) groups is 1. The number of hydrogen-bond donors (Lipinski definition) is 1. The van der Waals surface area contributed by atoms with Gasteiger partial charge in [-0.15, -0.1) is 11.8 Å². The van der Waals surface area contributed by atoms with Crippen LogP contribution in [0.25, 0.3) is 0 Å². The van der Waals surface area contributed by atoms with Crippen molar-refractivity contribution >= 4 is 17.7 Å². The van der Waals surface area contributed by atoms with Gasteiger partial charge >= 0.3 is 0 Å². The quantitative estimate of drug-likeness (QED) is 0.339. The number of carbonyl (C=O) groups excluding carboxylic acids is 1. The van der Waals surface area contributed by atoms with Crippen molar-refractivity contribution in [3.8, 4) is 5.75 Å². The van der Waals surface area contributed by atoms with Gasteiger partial charge in [-0.05, 0) is 85.7 Å². The second-order valence-corrected chi connectivity index (χ2v) is 9.13. The molecule has 0 fully saturated rings. The van der Waals surface area contributed by atoms with Crippen LogP contribution in [0.2, 0.25) is 0 Å². The smallest absolute Gasteiger partial charge is 0.251 e. The van der Waals surface area contributed by atoms with Crippen LogP contribution in [0, 0.1) is 0 Å². The van der Waals surface area contributed by atoms with E-state index in [4.69, 9.17) is 4.74 Å². The minimum atomic E-state index is -0.0589. The summed E-state index contributed by atoms with van der Waals surface area (Å²) in [5, 5.41) is 3.13. The van der Waals surface area contributed by atoms with Crippen molar-refractivity contribution in [2.75, 3.05) is 12.4 Å². The topological polar surface area (TPSA) is 38.3 Å². The average Bonchev–Trinajstić information content (AvgIpc) is 2.82. The molecule has 3 aromatic carbocycles. The molecule has 1 atom stereocenters. The third-order valence-corrected chi connectivity index (χ3v) is 6.68. The lowest BCUT2D eigenvalue weighted by Gasteiger charge is -2.20. The first-order chi connectivity index (χ1) is 15.2. The van der Waals surface area contributed by atoms with Gasteiger partial charge in [-0.3, -0.25) is 4.79 Å². The SMILES string of the molecule is C[C@@H](NC(=O)c1ccc(OCCSc2ccccc2)cc1)c1ccc2c(c1)CCCC2. The molecule has 0 aromatic heterocycles. The van der Waals surface area contributed by atoms with E-state index < -0.39 is 0 Å². The van der Waals surface area contributed by atoms with Crippen LogP contribution in [0.5, 0.6) is 5.75 Å². The molecular formula is C27H29NO2S. The largest absolute Gasteiger partial charge is 0.493 e. The zero-order valence-corrected chi connectivity index (χ0v) is 18.8. The van der Waals surface area contributed by atoms with E-state index in [1.54, 1.807) is 11.8 Å². The Bertz CT molecular complexity index is 1000. The predicted octanol–water partition coefficient (Wildman–Crippen LogP) is 6.23. The van der Waals surface area contributed by atoms with Gasteiger partial charge in [0.1, 0.15) is 5.75 Å². The Morgan fingerprint density at radius 3 is 2.48 bits per heavy atom. The monoisotopic (exact) mass is 431 g/mol. The van der Waals surface area contributed by atoms with Crippen molar-refractivity contribution in [3.05, 3.63) is 95.1 Å². The standard InChI is InChI=1S/C27H29NO2S/c1-20(23-12-11-21-7-5-6-8-24(21)19-23)28-27(29)22-13-15-25(16-14-22)30-17-18-31-26-9-3-2-4-10-26/h2-4,9-16,19-20H,5-8,17-18H2,1H3,(H,28,29)/t20-/m1/s1. The molecule has 4 heteroatoms. The molecule has 0 radical (unpaired) electrons. The van der Waals surface area contributed by atoms with Gasteiger partial charge in [0.05, 0.1) is 12.6 Å². The highest BCUT2D eigenvalue weighted by Gasteiger charge is 2.15. The average molecular weight is 432 g/mol. The molecule has 160 valence electrons. The Morgan fingerprint density at radius 1 is 0.968 bits per heavy atom. The molecule has 0 spiro atoms. The van der Waals surface area contributed by atoms with E-state index in [0.29, 0.717) is 12.2 Å². The van der Waals surface area contributed by atoms with Crippen LogP contribution in [-0.2, 0) is 12.8 Å². The molecule has 3 aromatic rings. The minimum Gasteiger partial charge on any atom is -0.493 e. The van der Waals surface area contributed by atoms with Crippen LogP contribution in [-0.4, -0.2) is 18.3 Å². The molecule has 0 heterocycles. The summed E-state index contributed by atoms with van der Waals surface area (Å²) < 4.78 is 5.81. The number of aryl methyl sites for hydroxylation is 2. The summed E-state index contributed by atoms with van der Waals surface area (Å²) in [6.07, 6.45) is 4.87. The second-order valence-electron chi connectivity index (χ2n) is 7.96. The van der Waals surface area contributed by atoms with Gasteiger partial charge in [0.2, 0.25) is 0 Å². The molecular weight excluding hydrogens is 402 g/mol. The number of nitrogens with one attached hydrogen (secondary N) is 1. The molecule has 0 bridgehead atoms. The molecule has 0 unspecified atom stereocenters. The van der Waals surface area contributed by atoms with E-state index >= 15 is 0 Å². The van der Waals surface area contributed by atoms with E-state index in [9.17, 15) is 4.79 Å². The van der Waals surface area contributed by atoms with Crippen LogP contribution in [0.4, 0.5) is 0 Å². The predicted molar refractivity (Wildman–Crippen MR) is 128 cm³/mol.